The van der Waals surface area contributed by atoms with Crippen LogP contribution < -0.4 is 10.6 Å². The highest BCUT2D eigenvalue weighted by molar-refractivity contribution is 5.93. The summed E-state index contributed by atoms with van der Waals surface area (Å²) in [7, 11) is 0. The van der Waals surface area contributed by atoms with Gasteiger partial charge in [0.2, 0.25) is 0 Å². The lowest BCUT2D eigenvalue weighted by Gasteiger charge is -2.12. The van der Waals surface area contributed by atoms with E-state index >= 15 is 0 Å². The Balaban J connectivity index is 1.87. The Labute approximate surface area is 150 Å². The zero-order valence-electron chi connectivity index (χ0n) is 14.6. The summed E-state index contributed by atoms with van der Waals surface area (Å²) in [5.74, 6) is -1.97. The molecule has 0 aliphatic rings. The van der Waals surface area contributed by atoms with Gasteiger partial charge in [0, 0.05) is 17.3 Å². The van der Waals surface area contributed by atoms with Crippen LogP contribution >= 0.6 is 0 Å². The minimum Gasteiger partial charge on any atom is -0.462 e. The number of ether oxygens (including phenoxy) is 1. The van der Waals surface area contributed by atoms with E-state index in [1.54, 1.807) is 43.4 Å². The molecule has 1 amide bonds. The Bertz CT molecular complexity index is 779. The van der Waals surface area contributed by atoms with Gasteiger partial charge in [-0.1, -0.05) is 0 Å². The number of halogens is 2. The predicted molar refractivity (Wildman–Crippen MR) is 92.6 cm³/mol. The van der Waals surface area contributed by atoms with E-state index in [4.69, 9.17) is 4.74 Å². The number of carbonyl (C=O) groups is 2. The summed E-state index contributed by atoms with van der Waals surface area (Å²) < 4.78 is 31.6. The zero-order valence-corrected chi connectivity index (χ0v) is 14.6. The van der Waals surface area contributed by atoms with Gasteiger partial charge < -0.3 is 15.4 Å². The van der Waals surface area contributed by atoms with Crippen LogP contribution in [0.4, 0.5) is 14.5 Å². The van der Waals surface area contributed by atoms with Gasteiger partial charge in [-0.15, -0.1) is 0 Å². The quantitative estimate of drug-likeness (QED) is 0.742. The number of anilines is 1. The predicted octanol–water partition coefficient (Wildman–Crippen LogP) is 2.40. The third-order valence-electron chi connectivity index (χ3n) is 3.79. The summed E-state index contributed by atoms with van der Waals surface area (Å²) in [6, 6.07) is 9.38. The summed E-state index contributed by atoms with van der Waals surface area (Å²) in [5.41, 5.74) is 1.27. The molecule has 0 saturated carbocycles. The fourth-order valence-corrected chi connectivity index (χ4v) is 2.40. The third kappa shape index (κ3) is 5.35. The molecule has 5 nitrogen and oxygen atoms in total. The van der Waals surface area contributed by atoms with Crippen LogP contribution in [-0.4, -0.2) is 25.0 Å². The third-order valence-corrected chi connectivity index (χ3v) is 3.79. The maximum absolute atomic E-state index is 13.7. The number of carbonyl (C=O) groups excluding carboxylic acids is 2. The van der Waals surface area contributed by atoms with Crippen molar-refractivity contribution in [3.05, 3.63) is 65.2 Å². The summed E-state index contributed by atoms with van der Waals surface area (Å²) >= 11 is 0. The van der Waals surface area contributed by atoms with E-state index in [0.717, 1.165) is 6.07 Å². The highest BCUT2D eigenvalue weighted by Gasteiger charge is 2.16. The molecule has 0 aliphatic heterocycles. The number of amides is 1. The SMILES string of the molecule is CCOC(=O)c1ccc(NC(=O)C[NH2+][C@@H](C)c2ccc(F)cc2F)cc1. The number of quaternary nitrogens is 1. The van der Waals surface area contributed by atoms with Crippen LogP contribution in [0.5, 0.6) is 0 Å². The Morgan fingerprint density at radius 3 is 2.46 bits per heavy atom. The monoisotopic (exact) mass is 363 g/mol. The molecule has 2 rings (SSSR count). The molecule has 0 aromatic heterocycles. The normalized spacial score (nSPS) is 11.7. The summed E-state index contributed by atoms with van der Waals surface area (Å²) in [6.45, 7) is 3.82. The van der Waals surface area contributed by atoms with Crippen molar-refractivity contribution < 1.29 is 28.4 Å². The van der Waals surface area contributed by atoms with E-state index in [0.29, 0.717) is 23.4 Å². The molecule has 0 aliphatic carbocycles. The highest BCUT2D eigenvalue weighted by Crippen LogP contribution is 2.15. The number of esters is 1. The molecule has 0 spiro atoms. The second-order valence-electron chi connectivity index (χ2n) is 5.74. The molecule has 1 atom stereocenters. The summed E-state index contributed by atoms with van der Waals surface area (Å²) in [5, 5.41) is 4.35. The topological polar surface area (TPSA) is 72.0 Å². The van der Waals surface area contributed by atoms with Gasteiger partial charge in [0.15, 0.2) is 6.54 Å². The molecular weight excluding hydrogens is 342 g/mol. The van der Waals surface area contributed by atoms with E-state index < -0.39 is 17.6 Å². The summed E-state index contributed by atoms with van der Waals surface area (Å²) in [4.78, 5) is 23.6. The van der Waals surface area contributed by atoms with Gasteiger partial charge in [-0.05, 0) is 50.2 Å². The number of rotatable bonds is 7. The Morgan fingerprint density at radius 1 is 1.15 bits per heavy atom. The van der Waals surface area contributed by atoms with Crippen molar-refractivity contribution in [2.24, 2.45) is 0 Å². The van der Waals surface area contributed by atoms with Crippen LogP contribution in [0.25, 0.3) is 0 Å². The van der Waals surface area contributed by atoms with Crippen molar-refractivity contribution in [1.82, 2.24) is 0 Å². The van der Waals surface area contributed by atoms with Crippen LogP contribution in [0.2, 0.25) is 0 Å². The number of hydrogen-bond donors (Lipinski definition) is 2. The van der Waals surface area contributed by atoms with Gasteiger partial charge in [-0.2, -0.15) is 0 Å². The first kappa shape index (κ1) is 19.5. The van der Waals surface area contributed by atoms with Crippen LogP contribution in [0.1, 0.15) is 35.8 Å². The average molecular weight is 363 g/mol. The maximum Gasteiger partial charge on any atom is 0.338 e. The van der Waals surface area contributed by atoms with Crippen LogP contribution in [0, 0.1) is 11.6 Å². The van der Waals surface area contributed by atoms with Crippen molar-refractivity contribution >= 4 is 17.6 Å². The molecule has 138 valence electrons. The van der Waals surface area contributed by atoms with Crippen molar-refractivity contribution in [1.29, 1.82) is 0 Å². The fraction of sp³-hybridized carbons (Fsp3) is 0.263. The van der Waals surface area contributed by atoms with Gasteiger partial charge in [-0.3, -0.25) is 4.79 Å². The van der Waals surface area contributed by atoms with Gasteiger partial charge >= 0.3 is 5.97 Å². The van der Waals surface area contributed by atoms with E-state index in [-0.39, 0.29) is 18.5 Å². The van der Waals surface area contributed by atoms with Crippen LogP contribution in [-0.2, 0) is 9.53 Å². The van der Waals surface area contributed by atoms with Crippen molar-refractivity contribution in [2.45, 2.75) is 19.9 Å². The molecule has 0 saturated heterocycles. The molecule has 0 heterocycles. The van der Waals surface area contributed by atoms with E-state index in [1.165, 1.54) is 12.1 Å². The van der Waals surface area contributed by atoms with Gasteiger partial charge in [0.25, 0.3) is 5.91 Å². The largest absolute Gasteiger partial charge is 0.462 e. The Hall–Kier alpha value is -2.80. The second-order valence-corrected chi connectivity index (χ2v) is 5.74. The maximum atomic E-state index is 13.7. The Kier molecular flexibility index (Phi) is 6.80. The second kappa shape index (κ2) is 9.05. The number of nitrogens with two attached hydrogens (primary N) is 1. The van der Waals surface area contributed by atoms with Crippen molar-refractivity contribution in [3.8, 4) is 0 Å². The minimum atomic E-state index is -0.637. The number of benzene rings is 2. The van der Waals surface area contributed by atoms with Gasteiger partial charge in [-0.25, -0.2) is 13.6 Å². The fourth-order valence-electron chi connectivity index (χ4n) is 2.40. The molecule has 7 heteroatoms. The number of hydrogen-bond acceptors (Lipinski definition) is 3. The Morgan fingerprint density at radius 2 is 1.85 bits per heavy atom. The lowest BCUT2D eigenvalue weighted by molar-refractivity contribution is -0.682. The van der Waals surface area contributed by atoms with Crippen LogP contribution in [0.3, 0.4) is 0 Å². The molecule has 0 unspecified atom stereocenters. The molecule has 26 heavy (non-hydrogen) atoms. The molecule has 0 bridgehead atoms. The molecule has 3 N–H and O–H groups in total. The molecular formula is C19H21F2N2O3+. The molecule has 2 aromatic rings. The van der Waals surface area contributed by atoms with E-state index in [2.05, 4.69) is 5.32 Å². The van der Waals surface area contributed by atoms with E-state index in [9.17, 15) is 18.4 Å². The first-order valence-electron chi connectivity index (χ1n) is 8.26. The highest BCUT2D eigenvalue weighted by atomic mass is 19.1. The van der Waals surface area contributed by atoms with Crippen LogP contribution in [0.15, 0.2) is 42.5 Å². The van der Waals surface area contributed by atoms with Crippen molar-refractivity contribution in [2.75, 3.05) is 18.5 Å². The standard InChI is InChI=1S/C19H20F2N2O3/c1-3-26-19(25)13-4-7-15(8-5-13)23-18(24)11-22-12(2)16-9-6-14(20)10-17(16)21/h4-10,12,22H,3,11H2,1-2H3,(H,23,24)/p+1/t12-/m0/s1. The van der Waals surface area contributed by atoms with Crippen molar-refractivity contribution in [3.63, 3.8) is 0 Å². The zero-order chi connectivity index (χ0) is 19.1. The first-order chi connectivity index (χ1) is 12.4. The number of nitrogens with one attached hydrogen (secondary N) is 1. The first-order valence-corrected chi connectivity index (χ1v) is 8.26. The molecule has 0 fully saturated rings. The molecule has 2 aromatic carbocycles. The average Bonchev–Trinajstić information content (AvgIpc) is 2.60. The minimum absolute atomic E-state index is 0.0671. The van der Waals surface area contributed by atoms with Gasteiger partial charge in [0.1, 0.15) is 17.7 Å². The lowest BCUT2D eigenvalue weighted by Crippen LogP contribution is -2.86. The van der Waals surface area contributed by atoms with Gasteiger partial charge in [0.05, 0.1) is 12.2 Å². The smallest absolute Gasteiger partial charge is 0.338 e. The summed E-state index contributed by atoms with van der Waals surface area (Å²) in [6.07, 6.45) is 0. The lowest BCUT2D eigenvalue weighted by atomic mass is 10.1. The van der Waals surface area contributed by atoms with E-state index in [1.807, 2.05) is 0 Å². The molecule has 0 radical (unpaired) electrons.